The molecule has 2 N–H and O–H groups in total. The summed E-state index contributed by atoms with van der Waals surface area (Å²) < 4.78 is 14.7. The zero-order valence-electron chi connectivity index (χ0n) is 12.0. The van der Waals surface area contributed by atoms with Crippen molar-refractivity contribution in [2.24, 2.45) is 5.92 Å². The van der Waals surface area contributed by atoms with Gasteiger partial charge in [-0.1, -0.05) is 23.7 Å². The van der Waals surface area contributed by atoms with E-state index in [9.17, 15) is 14.5 Å². The van der Waals surface area contributed by atoms with Crippen molar-refractivity contribution < 1.29 is 14.5 Å². The lowest BCUT2D eigenvalue weighted by atomic mass is 9.96. The van der Waals surface area contributed by atoms with E-state index in [1.54, 1.807) is 31.2 Å². The molecule has 0 radical (unpaired) electrons. The number of rotatable bonds is 5. The fraction of sp³-hybridized carbons (Fsp3) is 0.500. The van der Waals surface area contributed by atoms with Gasteiger partial charge in [-0.2, -0.15) is 0 Å². The predicted molar refractivity (Wildman–Crippen MR) is 82.0 cm³/mol. The number of nitrogens with one attached hydrogen (secondary N) is 1. The van der Waals surface area contributed by atoms with Crippen molar-refractivity contribution in [1.29, 1.82) is 0 Å². The standard InChI is InChI=1S/C14H20ClNO3S/c1-9(13(17)18)12(16-20(19)14(2,3)4)10-5-7-11(15)8-6-10/h5-9,12,16H,1-4H3,(H,17,18)/t9-,12-,20+/m0/s1. The van der Waals surface area contributed by atoms with Crippen molar-refractivity contribution in [1.82, 2.24) is 4.72 Å². The fourth-order valence-electron chi connectivity index (χ4n) is 1.56. The highest BCUT2D eigenvalue weighted by atomic mass is 35.5. The third kappa shape index (κ3) is 4.66. The van der Waals surface area contributed by atoms with Crippen LogP contribution in [0.2, 0.25) is 5.02 Å². The number of carbonyl (C=O) groups is 1. The van der Waals surface area contributed by atoms with Crippen LogP contribution in [0.3, 0.4) is 0 Å². The summed E-state index contributed by atoms with van der Waals surface area (Å²) in [7, 11) is 0. The second-order valence-electron chi connectivity index (χ2n) is 5.66. The van der Waals surface area contributed by atoms with E-state index < -0.39 is 34.0 Å². The maximum absolute atomic E-state index is 12.2. The van der Waals surface area contributed by atoms with E-state index in [2.05, 4.69) is 4.72 Å². The number of carboxylic acids is 1. The molecule has 0 amide bonds. The third-order valence-electron chi connectivity index (χ3n) is 2.91. The van der Waals surface area contributed by atoms with Crippen molar-refractivity contribution >= 4 is 28.9 Å². The van der Waals surface area contributed by atoms with Gasteiger partial charge in [-0.15, -0.1) is 4.72 Å². The number of carboxylic acid groups (broad SMARTS) is 1. The first kappa shape index (κ1) is 17.3. The van der Waals surface area contributed by atoms with E-state index in [1.807, 2.05) is 20.8 Å². The molecule has 1 aromatic rings. The fourth-order valence-corrected chi connectivity index (χ4v) is 2.61. The molecule has 0 heterocycles. The molecule has 20 heavy (non-hydrogen) atoms. The van der Waals surface area contributed by atoms with E-state index >= 15 is 0 Å². The summed E-state index contributed by atoms with van der Waals surface area (Å²) >= 11 is 4.48. The first-order valence-electron chi connectivity index (χ1n) is 6.29. The predicted octanol–water partition coefficient (Wildman–Crippen LogP) is 3.15. The minimum absolute atomic E-state index is 0.469. The molecule has 1 rings (SSSR count). The third-order valence-corrected chi connectivity index (χ3v) is 4.74. The lowest BCUT2D eigenvalue weighted by molar-refractivity contribution is -0.142. The van der Waals surface area contributed by atoms with Gasteiger partial charge in [0.1, 0.15) is 4.75 Å². The molecule has 0 saturated heterocycles. The Bertz CT molecular complexity index is 458. The van der Waals surface area contributed by atoms with Crippen molar-refractivity contribution in [3.05, 3.63) is 34.9 Å². The molecule has 4 nitrogen and oxygen atoms in total. The van der Waals surface area contributed by atoms with E-state index in [0.717, 1.165) is 5.56 Å². The topological polar surface area (TPSA) is 72.4 Å². The van der Waals surface area contributed by atoms with Crippen LogP contribution in [0.25, 0.3) is 0 Å². The van der Waals surface area contributed by atoms with E-state index in [-0.39, 0.29) is 0 Å². The van der Waals surface area contributed by atoms with Crippen molar-refractivity contribution in [3.63, 3.8) is 0 Å². The number of benzene rings is 1. The highest BCUT2D eigenvalue weighted by molar-refractivity contribution is 7.90. The molecule has 0 aliphatic rings. The van der Waals surface area contributed by atoms with Gasteiger partial charge in [0, 0.05) is 16.4 Å². The van der Waals surface area contributed by atoms with Crippen molar-refractivity contribution in [2.45, 2.75) is 38.5 Å². The molecular weight excluding hydrogens is 298 g/mol. The minimum Gasteiger partial charge on any atom is -0.598 e. The van der Waals surface area contributed by atoms with Gasteiger partial charge < -0.3 is 9.66 Å². The van der Waals surface area contributed by atoms with Gasteiger partial charge in [-0.05, 0) is 45.4 Å². The van der Waals surface area contributed by atoms with Crippen molar-refractivity contribution in [2.75, 3.05) is 0 Å². The molecule has 112 valence electrons. The van der Waals surface area contributed by atoms with E-state index in [4.69, 9.17) is 11.6 Å². The SMILES string of the molecule is C[C@H](C(=O)O)[C@H](N[S@+]([O-])C(C)(C)C)c1ccc(Cl)cc1. The Hall–Kier alpha value is -0.750. The van der Waals surface area contributed by atoms with Crippen LogP contribution in [0.1, 0.15) is 39.3 Å². The van der Waals surface area contributed by atoms with Crippen LogP contribution in [0, 0.1) is 5.92 Å². The Labute approximate surface area is 127 Å². The largest absolute Gasteiger partial charge is 0.598 e. The van der Waals surface area contributed by atoms with Crippen LogP contribution in [0.15, 0.2) is 24.3 Å². The maximum Gasteiger partial charge on any atom is 0.308 e. The van der Waals surface area contributed by atoms with Gasteiger partial charge in [0.15, 0.2) is 0 Å². The summed E-state index contributed by atoms with van der Waals surface area (Å²) in [5.41, 5.74) is 0.752. The summed E-state index contributed by atoms with van der Waals surface area (Å²) in [6.07, 6.45) is 0. The molecule has 0 aliphatic heterocycles. The quantitative estimate of drug-likeness (QED) is 0.818. The highest BCUT2D eigenvalue weighted by Gasteiger charge is 2.34. The van der Waals surface area contributed by atoms with Crippen LogP contribution < -0.4 is 4.72 Å². The van der Waals surface area contributed by atoms with E-state index in [0.29, 0.717) is 5.02 Å². The minimum atomic E-state index is -1.36. The second-order valence-corrected chi connectivity index (χ2v) is 8.09. The molecule has 6 heteroatoms. The van der Waals surface area contributed by atoms with Gasteiger partial charge in [-0.25, -0.2) is 0 Å². The van der Waals surface area contributed by atoms with Gasteiger partial charge >= 0.3 is 5.97 Å². The molecule has 0 spiro atoms. The Morgan fingerprint density at radius 2 is 1.85 bits per heavy atom. The molecule has 0 fully saturated rings. The zero-order chi connectivity index (χ0) is 15.5. The molecule has 0 unspecified atom stereocenters. The molecule has 0 aromatic heterocycles. The van der Waals surface area contributed by atoms with Crippen LogP contribution >= 0.6 is 11.6 Å². The Kier molecular flexibility index (Phi) is 5.89. The first-order chi connectivity index (χ1) is 9.12. The molecule has 1 aromatic carbocycles. The van der Waals surface area contributed by atoms with Crippen LogP contribution in [0.5, 0.6) is 0 Å². The number of hydrogen-bond acceptors (Lipinski definition) is 3. The monoisotopic (exact) mass is 317 g/mol. The average Bonchev–Trinajstić information content (AvgIpc) is 2.34. The molecular formula is C14H20ClNO3S. The van der Waals surface area contributed by atoms with Crippen LogP contribution in [-0.4, -0.2) is 20.4 Å². The summed E-state index contributed by atoms with van der Waals surface area (Å²) in [6.45, 7) is 7.09. The summed E-state index contributed by atoms with van der Waals surface area (Å²) in [4.78, 5) is 11.2. The Morgan fingerprint density at radius 3 is 2.25 bits per heavy atom. The van der Waals surface area contributed by atoms with E-state index in [1.165, 1.54) is 0 Å². The molecule has 0 bridgehead atoms. The second kappa shape index (κ2) is 6.80. The van der Waals surface area contributed by atoms with Crippen LogP contribution in [0.4, 0.5) is 0 Å². The smallest absolute Gasteiger partial charge is 0.308 e. The highest BCUT2D eigenvalue weighted by Crippen LogP contribution is 2.27. The average molecular weight is 318 g/mol. The van der Waals surface area contributed by atoms with Crippen LogP contribution in [-0.2, 0) is 16.2 Å². The zero-order valence-corrected chi connectivity index (χ0v) is 13.6. The first-order valence-corrected chi connectivity index (χ1v) is 7.82. The molecule has 0 aliphatic carbocycles. The van der Waals surface area contributed by atoms with Gasteiger partial charge in [0.2, 0.25) is 0 Å². The lowest BCUT2D eigenvalue weighted by Gasteiger charge is -2.29. The van der Waals surface area contributed by atoms with Gasteiger partial charge in [0.05, 0.1) is 12.0 Å². The Morgan fingerprint density at radius 1 is 1.35 bits per heavy atom. The molecule has 0 saturated carbocycles. The normalized spacial score (nSPS) is 16.5. The number of hydrogen-bond donors (Lipinski definition) is 2. The lowest BCUT2D eigenvalue weighted by Crippen LogP contribution is -2.44. The van der Waals surface area contributed by atoms with Gasteiger partial charge in [0.25, 0.3) is 0 Å². The Balaban J connectivity index is 3.03. The number of halogens is 1. The summed E-state index contributed by atoms with van der Waals surface area (Å²) in [6, 6.07) is 6.35. The maximum atomic E-state index is 12.2. The van der Waals surface area contributed by atoms with Gasteiger partial charge in [-0.3, -0.25) is 4.79 Å². The molecule has 3 atom stereocenters. The summed E-state index contributed by atoms with van der Waals surface area (Å²) in [5, 5.41) is 9.80. The summed E-state index contributed by atoms with van der Waals surface area (Å²) in [5.74, 6) is -1.65. The van der Waals surface area contributed by atoms with Crippen molar-refractivity contribution in [3.8, 4) is 0 Å². The number of aliphatic carboxylic acids is 1.